The summed E-state index contributed by atoms with van der Waals surface area (Å²) in [6.07, 6.45) is 7.51. The van der Waals surface area contributed by atoms with Crippen LogP contribution in [0.25, 0.3) is 0 Å². The van der Waals surface area contributed by atoms with Crippen LogP contribution < -0.4 is 0 Å². The Morgan fingerprint density at radius 1 is 1.12 bits per heavy atom. The molecule has 0 amide bonds. The number of allylic oxidation sites excluding steroid dienone is 1. The molecule has 34 heavy (non-hydrogen) atoms. The van der Waals surface area contributed by atoms with Gasteiger partial charge < -0.3 is 14.6 Å². The fourth-order valence-electron chi connectivity index (χ4n) is 8.63. The Morgan fingerprint density at radius 2 is 1.88 bits per heavy atom. The van der Waals surface area contributed by atoms with E-state index in [1.165, 1.54) is 17.7 Å². The largest absolute Gasteiger partial charge is 0.388 e. The maximum atomic E-state index is 13.6. The molecule has 0 spiro atoms. The lowest BCUT2D eigenvalue weighted by Gasteiger charge is -2.55. The van der Waals surface area contributed by atoms with Crippen molar-refractivity contribution >= 4 is 11.6 Å². The molecule has 4 aliphatic carbocycles. The van der Waals surface area contributed by atoms with Crippen molar-refractivity contribution in [3.05, 3.63) is 47.3 Å². The summed E-state index contributed by atoms with van der Waals surface area (Å²) in [5, 5.41) is 10.1. The molecule has 1 aromatic carbocycles. The molecule has 182 valence electrons. The van der Waals surface area contributed by atoms with Gasteiger partial charge in [0.15, 0.2) is 23.0 Å². The first-order chi connectivity index (χ1) is 16.2. The first kappa shape index (κ1) is 22.6. The van der Waals surface area contributed by atoms with Crippen LogP contribution in [0, 0.1) is 34.9 Å². The Hall–Kier alpha value is -1.89. The summed E-state index contributed by atoms with van der Waals surface area (Å²) in [5.41, 5.74) is 0.319. The SMILES string of the molecule is C[C@@]1(c2ccc(F)cc2)O[C@@H]2CC3C4CCC5=CC(=O)CC[C@@H]5C4CC[C@]3(C)[C@]2(C(=O)CO)O1. The zero-order valence-corrected chi connectivity index (χ0v) is 19.9. The van der Waals surface area contributed by atoms with Crippen molar-refractivity contribution in [3.63, 3.8) is 0 Å². The molecule has 6 heteroatoms. The molecule has 1 N–H and O–H groups in total. The number of fused-ring (bicyclic) bond motifs is 7. The summed E-state index contributed by atoms with van der Waals surface area (Å²) in [6, 6.07) is 6.03. The summed E-state index contributed by atoms with van der Waals surface area (Å²) in [6.45, 7) is 3.37. The number of aliphatic hydroxyl groups is 1. The molecule has 3 saturated carbocycles. The first-order valence-corrected chi connectivity index (χ1v) is 12.7. The van der Waals surface area contributed by atoms with Gasteiger partial charge in [0.1, 0.15) is 12.4 Å². The Bertz CT molecular complexity index is 1070. The van der Waals surface area contributed by atoms with Crippen molar-refractivity contribution in [2.45, 2.75) is 76.3 Å². The van der Waals surface area contributed by atoms with E-state index in [0.29, 0.717) is 36.2 Å². The summed E-state index contributed by atoms with van der Waals surface area (Å²) in [5.74, 6) is 0.122. The number of Topliss-reactive ketones (excluding diaryl/α,β-unsaturated/α-hetero) is 1. The molecule has 3 unspecified atom stereocenters. The summed E-state index contributed by atoms with van der Waals surface area (Å²) in [4.78, 5) is 25.5. The highest BCUT2D eigenvalue weighted by Gasteiger charge is 2.75. The second kappa shape index (κ2) is 7.55. The lowest BCUT2D eigenvalue weighted by atomic mass is 9.50. The van der Waals surface area contributed by atoms with Crippen LogP contribution in [0.4, 0.5) is 4.39 Å². The van der Waals surface area contributed by atoms with Crippen molar-refractivity contribution in [3.8, 4) is 0 Å². The minimum atomic E-state index is -1.22. The molecule has 1 heterocycles. The van der Waals surface area contributed by atoms with Crippen LogP contribution in [0.5, 0.6) is 0 Å². The van der Waals surface area contributed by atoms with Crippen LogP contribution in [0.1, 0.15) is 64.4 Å². The highest BCUT2D eigenvalue weighted by Crippen LogP contribution is 2.69. The molecule has 8 atom stereocenters. The summed E-state index contributed by atoms with van der Waals surface area (Å²) >= 11 is 0. The van der Waals surface area contributed by atoms with Gasteiger partial charge >= 0.3 is 0 Å². The van der Waals surface area contributed by atoms with Crippen LogP contribution in [-0.4, -0.2) is 35.0 Å². The van der Waals surface area contributed by atoms with Crippen molar-refractivity contribution in [1.82, 2.24) is 0 Å². The van der Waals surface area contributed by atoms with E-state index in [1.54, 1.807) is 19.1 Å². The lowest BCUT2D eigenvalue weighted by molar-refractivity contribution is -0.228. The second-order valence-corrected chi connectivity index (χ2v) is 11.5. The predicted molar refractivity (Wildman–Crippen MR) is 122 cm³/mol. The van der Waals surface area contributed by atoms with Crippen molar-refractivity contribution in [2.24, 2.45) is 29.1 Å². The Morgan fingerprint density at radius 3 is 2.62 bits per heavy atom. The van der Waals surface area contributed by atoms with E-state index in [2.05, 4.69) is 6.92 Å². The smallest absolute Gasteiger partial charge is 0.193 e. The number of hydrogen-bond donors (Lipinski definition) is 1. The summed E-state index contributed by atoms with van der Waals surface area (Å²) in [7, 11) is 0. The molecule has 6 rings (SSSR count). The molecule has 1 aliphatic heterocycles. The predicted octanol–water partition coefficient (Wildman–Crippen LogP) is 4.47. The van der Waals surface area contributed by atoms with E-state index < -0.39 is 29.5 Å². The molecule has 0 aromatic heterocycles. The number of carbonyl (C=O) groups excluding carboxylic acids is 2. The van der Waals surface area contributed by atoms with Gasteiger partial charge in [0.2, 0.25) is 0 Å². The Labute approximate surface area is 199 Å². The highest BCUT2D eigenvalue weighted by molar-refractivity contribution is 5.92. The number of aliphatic hydroxyl groups excluding tert-OH is 1. The average molecular weight is 469 g/mol. The maximum absolute atomic E-state index is 13.6. The average Bonchev–Trinajstić information content (AvgIpc) is 3.26. The standard InChI is InChI=1S/C28H33FO5/c1-26-12-11-21-20-10-8-19(31)13-16(20)3-9-22(21)23(26)14-25-28(26,24(32)15-30)34-27(2,33-25)17-4-6-18(29)7-5-17/h4-7,13,20-23,25,30H,3,8-12,14-15H2,1-2H3/t20-,21?,22?,23?,25+,26-,27+,28+/m0/s1. The van der Waals surface area contributed by atoms with Crippen LogP contribution in [0.15, 0.2) is 35.9 Å². The Balaban J connectivity index is 1.37. The van der Waals surface area contributed by atoms with Gasteiger partial charge in [0, 0.05) is 17.4 Å². The van der Waals surface area contributed by atoms with E-state index >= 15 is 0 Å². The minimum Gasteiger partial charge on any atom is -0.388 e. The molecule has 1 saturated heterocycles. The molecular weight excluding hydrogens is 435 g/mol. The van der Waals surface area contributed by atoms with Crippen LogP contribution in [0.2, 0.25) is 0 Å². The van der Waals surface area contributed by atoms with Gasteiger partial charge in [-0.05, 0) is 87.3 Å². The number of hydrogen-bond acceptors (Lipinski definition) is 5. The second-order valence-electron chi connectivity index (χ2n) is 11.5. The molecule has 5 aliphatic rings. The van der Waals surface area contributed by atoms with E-state index in [9.17, 15) is 19.1 Å². The molecule has 5 nitrogen and oxygen atoms in total. The minimum absolute atomic E-state index is 0.253. The lowest BCUT2D eigenvalue weighted by Crippen LogP contribution is -2.60. The van der Waals surface area contributed by atoms with Crippen LogP contribution >= 0.6 is 0 Å². The van der Waals surface area contributed by atoms with Gasteiger partial charge in [-0.2, -0.15) is 0 Å². The Kier molecular flexibility index (Phi) is 5.01. The van der Waals surface area contributed by atoms with Gasteiger partial charge in [0.25, 0.3) is 0 Å². The third-order valence-corrected chi connectivity index (χ3v) is 10.1. The fraction of sp³-hybridized carbons (Fsp3) is 0.643. The maximum Gasteiger partial charge on any atom is 0.193 e. The number of halogens is 1. The third-order valence-electron chi connectivity index (χ3n) is 10.1. The topological polar surface area (TPSA) is 72.8 Å². The van der Waals surface area contributed by atoms with Crippen LogP contribution in [0.3, 0.4) is 0 Å². The zero-order chi connectivity index (χ0) is 23.9. The quantitative estimate of drug-likeness (QED) is 0.709. The van der Waals surface area contributed by atoms with Crippen molar-refractivity contribution < 1.29 is 28.6 Å². The first-order valence-electron chi connectivity index (χ1n) is 12.7. The van der Waals surface area contributed by atoms with Gasteiger partial charge in [-0.25, -0.2) is 4.39 Å². The fourth-order valence-corrected chi connectivity index (χ4v) is 8.63. The summed E-state index contributed by atoms with van der Waals surface area (Å²) < 4.78 is 26.8. The highest BCUT2D eigenvalue weighted by atomic mass is 19.1. The molecule has 0 radical (unpaired) electrons. The van der Waals surface area contributed by atoms with Crippen molar-refractivity contribution in [2.75, 3.05) is 6.61 Å². The zero-order valence-electron chi connectivity index (χ0n) is 19.9. The van der Waals surface area contributed by atoms with Gasteiger partial charge in [-0.1, -0.05) is 24.6 Å². The van der Waals surface area contributed by atoms with E-state index in [0.717, 1.165) is 32.1 Å². The number of ether oxygens (including phenoxy) is 2. The van der Waals surface area contributed by atoms with Gasteiger partial charge in [-0.15, -0.1) is 0 Å². The third kappa shape index (κ3) is 2.88. The normalized spacial score (nSPS) is 45.1. The van der Waals surface area contributed by atoms with E-state index in [4.69, 9.17) is 9.47 Å². The molecule has 4 fully saturated rings. The van der Waals surface area contributed by atoms with Crippen LogP contribution in [-0.2, 0) is 24.8 Å². The van der Waals surface area contributed by atoms with E-state index in [-0.39, 0.29) is 23.3 Å². The molecule has 0 bridgehead atoms. The van der Waals surface area contributed by atoms with E-state index in [1.807, 2.05) is 6.08 Å². The molecular formula is C28H33FO5. The van der Waals surface area contributed by atoms with Gasteiger partial charge in [0.05, 0.1) is 6.10 Å². The molecule has 1 aromatic rings. The number of benzene rings is 1. The number of carbonyl (C=O) groups is 2. The van der Waals surface area contributed by atoms with Gasteiger partial charge in [-0.3, -0.25) is 9.59 Å². The van der Waals surface area contributed by atoms with Crippen molar-refractivity contribution in [1.29, 1.82) is 0 Å². The number of rotatable bonds is 3. The monoisotopic (exact) mass is 468 g/mol. The number of ketones is 2.